The summed E-state index contributed by atoms with van der Waals surface area (Å²) in [5, 5.41) is 2.97. The number of hydrogen-bond acceptors (Lipinski definition) is 15. The van der Waals surface area contributed by atoms with Gasteiger partial charge in [0.2, 0.25) is 23.6 Å². The van der Waals surface area contributed by atoms with Crippen LogP contribution in [0.5, 0.6) is 0 Å². The first kappa shape index (κ1) is 53.1. The Hall–Kier alpha value is -4.04. The summed E-state index contributed by atoms with van der Waals surface area (Å²) in [6.07, 6.45) is 2.46. The van der Waals surface area contributed by atoms with Gasteiger partial charge in [-0.1, -0.05) is 13.2 Å². The average molecular weight is 881 g/mol. The largest absolute Gasteiger partial charge is 0.459 e. The number of esters is 3. The van der Waals surface area contributed by atoms with Crippen molar-refractivity contribution in [3.63, 3.8) is 0 Å². The van der Waals surface area contributed by atoms with Crippen molar-refractivity contribution in [1.29, 1.82) is 0 Å². The van der Waals surface area contributed by atoms with Crippen LogP contribution in [-0.4, -0.2) is 209 Å². The molecule has 2 heterocycles. The quantitative estimate of drug-likeness (QED) is 0.101. The van der Waals surface area contributed by atoms with Gasteiger partial charge in [0.05, 0.1) is 46.2 Å². The van der Waals surface area contributed by atoms with Crippen molar-refractivity contribution in [1.82, 2.24) is 39.6 Å². The van der Waals surface area contributed by atoms with Crippen LogP contribution in [0.3, 0.4) is 0 Å². The Bertz CT molecular complexity index is 1450. The molecule has 2 fully saturated rings. The summed E-state index contributed by atoms with van der Waals surface area (Å²) in [5.41, 5.74) is -1.99. The number of nitrogens with one attached hydrogen (secondary N) is 1. The van der Waals surface area contributed by atoms with Crippen molar-refractivity contribution < 1.29 is 47.8 Å². The predicted molar refractivity (Wildman–Crippen MR) is 234 cm³/mol. The van der Waals surface area contributed by atoms with Gasteiger partial charge in [0, 0.05) is 76.8 Å². The van der Waals surface area contributed by atoms with Crippen molar-refractivity contribution in [3.05, 3.63) is 25.3 Å². The molecule has 0 unspecified atom stereocenters. The zero-order chi connectivity index (χ0) is 46.0. The van der Waals surface area contributed by atoms with Crippen LogP contribution in [0.15, 0.2) is 25.3 Å². The van der Waals surface area contributed by atoms with E-state index in [0.717, 1.165) is 12.2 Å². The molecule has 0 aromatic rings. The van der Waals surface area contributed by atoms with E-state index in [1.54, 1.807) is 0 Å². The molecule has 0 aliphatic carbocycles. The fourth-order valence-electron chi connectivity index (χ4n) is 6.27. The van der Waals surface area contributed by atoms with Crippen molar-refractivity contribution in [2.24, 2.45) is 0 Å². The predicted octanol–water partition coefficient (Wildman–Crippen LogP) is 1.22. The molecule has 2 saturated heterocycles. The third-order valence-electron chi connectivity index (χ3n) is 8.99. The van der Waals surface area contributed by atoms with E-state index < -0.39 is 28.6 Å². The molecule has 346 valence electrons. The molecular formula is C42H72N8O10S. The van der Waals surface area contributed by atoms with Crippen LogP contribution in [0.25, 0.3) is 0 Å². The molecule has 0 radical (unpaired) electrons. The standard InChI is InChI=1S/C42H72N8O10S/c1-12-34(52)48-30-49(35(53)13-2)32-50(31-48)36(54)14-24-61-25-15-43-33(51)26-44-16-18-45(27-37(55)58-40(3,4)5)20-22-47(29-39(57)60-42(9,10)11)23-21-46(19-17-44)28-38(56)59-41(6,7)8/h12-13H,1-2,14-32H2,3-11H3,(H,43,51). The minimum atomic E-state index is -0.668. The SMILES string of the molecule is C=CC(=O)N1CN(C(=O)C=C)CN(C(=O)CCSCCNC(=O)CN2CCN(CC(=O)OC(C)(C)C)CCN(CC(=O)OC(C)(C)C)CCN(CC(=O)OC(C)(C)C)CC2)C1. The first-order valence-electron chi connectivity index (χ1n) is 20.9. The molecule has 0 aromatic carbocycles. The van der Waals surface area contributed by atoms with Crippen LogP contribution >= 0.6 is 11.8 Å². The van der Waals surface area contributed by atoms with Crippen LogP contribution in [0.2, 0.25) is 0 Å². The summed E-state index contributed by atoms with van der Waals surface area (Å²) in [4.78, 5) is 102. The highest BCUT2D eigenvalue weighted by molar-refractivity contribution is 7.99. The maximum absolute atomic E-state index is 13.3. The first-order valence-corrected chi connectivity index (χ1v) is 22.0. The summed E-state index contributed by atoms with van der Waals surface area (Å²) in [7, 11) is 0. The van der Waals surface area contributed by atoms with E-state index in [1.165, 1.54) is 26.5 Å². The van der Waals surface area contributed by atoms with E-state index in [-0.39, 0.29) is 82.3 Å². The minimum absolute atomic E-state index is 0.0241. The molecule has 18 nitrogen and oxygen atoms in total. The van der Waals surface area contributed by atoms with Gasteiger partial charge >= 0.3 is 17.9 Å². The molecule has 4 amide bonds. The summed E-state index contributed by atoms with van der Waals surface area (Å²) in [6.45, 7) is 27.4. The van der Waals surface area contributed by atoms with Gasteiger partial charge in [-0.3, -0.25) is 53.2 Å². The number of ether oxygens (including phenoxy) is 3. The van der Waals surface area contributed by atoms with E-state index in [1.807, 2.05) is 81.9 Å². The number of hydrogen-bond donors (Lipinski definition) is 1. The van der Waals surface area contributed by atoms with Crippen molar-refractivity contribution in [2.45, 2.75) is 85.5 Å². The number of carbonyl (C=O) groups is 7. The molecule has 61 heavy (non-hydrogen) atoms. The second-order valence-corrected chi connectivity index (χ2v) is 19.3. The maximum Gasteiger partial charge on any atom is 0.320 e. The minimum Gasteiger partial charge on any atom is -0.459 e. The van der Waals surface area contributed by atoms with Gasteiger partial charge in [0.1, 0.15) is 16.8 Å². The van der Waals surface area contributed by atoms with Crippen LogP contribution in [0.4, 0.5) is 0 Å². The van der Waals surface area contributed by atoms with Crippen LogP contribution < -0.4 is 5.32 Å². The molecule has 2 rings (SSSR count). The second-order valence-electron chi connectivity index (χ2n) is 18.1. The molecule has 0 saturated carbocycles. The number of amides is 4. The van der Waals surface area contributed by atoms with Crippen LogP contribution in [-0.2, 0) is 47.8 Å². The summed E-state index contributed by atoms with van der Waals surface area (Å²) in [6, 6.07) is 0. The van der Waals surface area contributed by atoms with Gasteiger partial charge in [-0.15, -0.1) is 0 Å². The Kier molecular flexibility index (Phi) is 21.9. The monoisotopic (exact) mass is 881 g/mol. The van der Waals surface area contributed by atoms with E-state index in [4.69, 9.17) is 14.2 Å². The zero-order valence-corrected chi connectivity index (χ0v) is 38.9. The number of rotatable bonds is 16. The van der Waals surface area contributed by atoms with Crippen molar-refractivity contribution in [3.8, 4) is 0 Å². The lowest BCUT2D eigenvalue weighted by atomic mass is 10.2. The van der Waals surface area contributed by atoms with Crippen molar-refractivity contribution in [2.75, 3.05) is 117 Å². The highest BCUT2D eigenvalue weighted by atomic mass is 32.2. The third-order valence-corrected chi connectivity index (χ3v) is 9.98. The third kappa shape index (κ3) is 23.1. The Morgan fingerprint density at radius 2 is 0.852 bits per heavy atom. The maximum atomic E-state index is 13.3. The normalized spacial score (nSPS) is 17.4. The summed E-state index contributed by atoms with van der Waals surface area (Å²) >= 11 is 1.49. The molecule has 0 atom stereocenters. The first-order chi connectivity index (χ1) is 28.4. The smallest absolute Gasteiger partial charge is 0.320 e. The van der Waals surface area contributed by atoms with Gasteiger partial charge in [-0.05, 0) is 74.5 Å². The second kappa shape index (κ2) is 25.2. The molecule has 0 aromatic heterocycles. The zero-order valence-electron chi connectivity index (χ0n) is 38.1. The highest BCUT2D eigenvalue weighted by Gasteiger charge is 2.30. The summed E-state index contributed by atoms with van der Waals surface area (Å²) < 4.78 is 16.9. The van der Waals surface area contributed by atoms with Gasteiger partial charge in [0.15, 0.2) is 0 Å². The van der Waals surface area contributed by atoms with Gasteiger partial charge in [-0.25, -0.2) is 0 Å². The Labute approximate surface area is 367 Å². The molecule has 19 heteroatoms. The lowest BCUT2D eigenvalue weighted by molar-refractivity contribution is -0.158. The molecular weight excluding hydrogens is 809 g/mol. The van der Waals surface area contributed by atoms with Crippen LogP contribution in [0.1, 0.15) is 68.7 Å². The lowest BCUT2D eigenvalue weighted by Gasteiger charge is -2.41. The summed E-state index contributed by atoms with van der Waals surface area (Å²) in [5.74, 6) is -1.31. The fraction of sp³-hybridized carbons (Fsp3) is 0.738. The highest BCUT2D eigenvalue weighted by Crippen LogP contribution is 2.14. The molecule has 2 aliphatic rings. The van der Waals surface area contributed by atoms with Crippen LogP contribution in [0, 0.1) is 0 Å². The number of thioether (sulfide) groups is 1. The average Bonchev–Trinajstić information content (AvgIpc) is 3.13. The molecule has 0 bridgehead atoms. The molecule has 2 aliphatic heterocycles. The van der Waals surface area contributed by atoms with Gasteiger partial charge in [-0.2, -0.15) is 11.8 Å². The Morgan fingerprint density at radius 3 is 1.18 bits per heavy atom. The fourth-order valence-corrected chi connectivity index (χ4v) is 7.04. The topological polar surface area (TPSA) is 182 Å². The molecule has 1 N–H and O–H groups in total. The Balaban J connectivity index is 2.09. The molecule has 0 spiro atoms. The van der Waals surface area contributed by atoms with Crippen molar-refractivity contribution >= 4 is 53.3 Å². The number of nitrogens with zero attached hydrogens (tertiary/aromatic N) is 7. The van der Waals surface area contributed by atoms with E-state index in [0.29, 0.717) is 70.4 Å². The van der Waals surface area contributed by atoms with E-state index >= 15 is 0 Å². The van der Waals surface area contributed by atoms with E-state index in [2.05, 4.69) is 18.5 Å². The van der Waals surface area contributed by atoms with Gasteiger partial charge < -0.3 is 34.2 Å². The Morgan fingerprint density at radius 1 is 0.525 bits per heavy atom. The van der Waals surface area contributed by atoms with Gasteiger partial charge in [0.25, 0.3) is 0 Å². The lowest BCUT2D eigenvalue weighted by Crippen LogP contribution is -2.59. The number of carbonyl (C=O) groups excluding carboxylic acids is 7. The van der Waals surface area contributed by atoms with E-state index in [9.17, 15) is 33.6 Å².